The number of anilines is 1. The molecule has 1 N–H and O–H groups in total. The second-order valence-corrected chi connectivity index (χ2v) is 6.95. The third kappa shape index (κ3) is 4.42. The lowest BCUT2D eigenvalue weighted by Gasteiger charge is -2.12. The van der Waals surface area contributed by atoms with Crippen LogP contribution in [0.1, 0.15) is 23.2 Å². The Labute approximate surface area is 178 Å². The first-order valence-corrected chi connectivity index (χ1v) is 9.84. The smallest absolute Gasteiger partial charge is 0.387 e. The van der Waals surface area contributed by atoms with Gasteiger partial charge < -0.3 is 14.8 Å². The number of hydrogen-bond acceptors (Lipinski definition) is 4. The van der Waals surface area contributed by atoms with Gasteiger partial charge in [-0.2, -0.15) is 13.9 Å². The monoisotopic (exact) mass is 425 g/mol. The molecule has 0 bridgehead atoms. The number of hydrogen-bond donors (Lipinski definition) is 1. The summed E-state index contributed by atoms with van der Waals surface area (Å²) < 4.78 is 37.0. The average molecular weight is 425 g/mol. The Kier molecular flexibility index (Phi) is 5.97. The van der Waals surface area contributed by atoms with Gasteiger partial charge in [0.2, 0.25) is 5.91 Å². The van der Waals surface area contributed by atoms with Crippen molar-refractivity contribution >= 4 is 17.8 Å². The molecular weight excluding hydrogens is 404 g/mol. The van der Waals surface area contributed by atoms with E-state index in [2.05, 4.69) is 15.2 Å². The van der Waals surface area contributed by atoms with Crippen LogP contribution in [0.25, 0.3) is 11.8 Å². The Morgan fingerprint density at radius 1 is 1.16 bits per heavy atom. The minimum atomic E-state index is -3.01. The van der Waals surface area contributed by atoms with E-state index in [9.17, 15) is 13.6 Å². The molecule has 0 unspecified atom stereocenters. The first-order valence-electron chi connectivity index (χ1n) is 9.84. The number of nitrogens with zero attached hydrogens (tertiary/aromatic N) is 2. The highest BCUT2D eigenvalue weighted by Crippen LogP contribution is 2.34. The Morgan fingerprint density at radius 2 is 1.97 bits per heavy atom. The van der Waals surface area contributed by atoms with E-state index in [0.29, 0.717) is 11.4 Å². The van der Waals surface area contributed by atoms with Crippen LogP contribution in [0.2, 0.25) is 0 Å². The number of alkyl halides is 2. The fourth-order valence-corrected chi connectivity index (χ4v) is 3.64. The fourth-order valence-electron chi connectivity index (χ4n) is 3.64. The maximum Gasteiger partial charge on any atom is 0.387 e. The van der Waals surface area contributed by atoms with E-state index >= 15 is 0 Å². The predicted octanol–water partition coefficient (Wildman–Crippen LogP) is 4.62. The van der Waals surface area contributed by atoms with Crippen LogP contribution in [0.4, 0.5) is 14.6 Å². The second kappa shape index (κ2) is 8.99. The fraction of sp³-hybridized carbons (Fsp3) is 0.217. The zero-order valence-electron chi connectivity index (χ0n) is 16.8. The number of aryl methyl sites for hydroxylation is 1. The molecule has 1 aliphatic rings. The summed E-state index contributed by atoms with van der Waals surface area (Å²) in [6, 6.07) is 14.3. The van der Waals surface area contributed by atoms with Crippen LogP contribution in [0.5, 0.6) is 11.5 Å². The second-order valence-electron chi connectivity index (χ2n) is 6.95. The summed E-state index contributed by atoms with van der Waals surface area (Å²) in [6.45, 7) is -3.01. The van der Waals surface area contributed by atoms with E-state index in [1.807, 2.05) is 30.3 Å². The van der Waals surface area contributed by atoms with Crippen LogP contribution in [-0.4, -0.2) is 29.4 Å². The van der Waals surface area contributed by atoms with Crippen molar-refractivity contribution in [3.05, 3.63) is 71.4 Å². The Morgan fingerprint density at radius 3 is 2.71 bits per heavy atom. The lowest BCUT2D eigenvalue weighted by atomic mass is 10.1. The van der Waals surface area contributed by atoms with Crippen LogP contribution < -0.4 is 14.8 Å². The van der Waals surface area contributed by atoms with Gasteiger partial charge in [-0.1, -0.05) is 30.3 Å². The quantitative estimate of drug-likeness (QED) is 0.561. The number of nitrogens with one attached hydrogen (secondary N) is 1. The Bertz CT molecular complexity index is 1110. The largest absolute Gasteiger partial charge is 0.493 e. The van der Waals surface area contributed by atoms with Gasteiger partial charge in [0, 0.05) is 17.2 Å². The molecule has 0 saturated heterocycles. The maximum absolute atomic E-state index is 12.8. The van der Waals surface area contributed by atoms with Crippen molar-refractivity contribution in [1.29, 1.82) is 0 Å². The first kappa shape index (κ1) is 20.6. The zero-order valence-corrected chi connectivity index (χ0v) is 16.8. The summed E-state index contributed by atoms with van der Waals surface area (Å²) >= 11 is 0. The van der Waals surface area contributed by atoms with Gasteiger partial charge in [0.05, 0.1) is 18.5 Å². The van der Waals surface area contributed by atoms with Crippen molar-refractivity contribution < 1.29 is 23.0 Å². The van der Waals surface area contributed by atoms with Crippen molar-refractivity contribution in [2.75, 3.05) is 12.4 Å². The lowest BCUT2D eigenvalue weighted by Crippen LogP contribution is -2.14. The van der Waals surface area contributed by atoms with Crippen LogP contribution in [0.3, 0.4) is 0 Å². The molecule has 3 aromatic rings. The molecule has 6 nitrogen and oxygen atoms in total. The summed E-state index contributed by atoms with van der Waals surface area (Å²) in [6.07, 6.45) is 5.38. The summed E-state index contributed by atoms with van der Waals surface area (Å²) in [7, 11) is 1.36. The number of methoxy groups -OCH3 is 1. The normalized spacial score (nSPS) is 12.9. The highest BCUT2D eigenvalue weighted by Gasteiger charge is 2.24. The minimum Gasteiger partial charge on any atom is -0.493 e. The van der Waals surface area contributed by atoms with E-state index in [1.54, 1.807) is 16.8 Å². The van der Waals surface area contributed by atoms with Gasteiger partial charge in [0.15, 0.2) is 11.5 Å². The van der Waals surface area contributed by atoms with Crippen LogP contribution in [0, 0.1) is 0 Å². The number of halogens is 2. The van der Waals surface area contributed by atoms with E-state index in [4.69, 9.17) is 4.74 Å². The highest BCUT2D eigenvalue weighted by atomic mass is 19.3. The van der Waals surface area contributed by atoms with Gasteiger partial charge in [0.25, 0.3) is 0 Å². The van der Waals surface area contributed by atoms with Crippen LogP contribution >= 0.6 is 0 Å². The number of amides is 1. The SMILES string of the molecule is COc1cccc(/C=C/C(=O)Nc2c3c(nn2-c2ccccc2)CCC3)c1OC(F)F. The van der Waals surface area contributed by atoms with E-state index in [1.165, 1.54) is 25.3 Å². The molecule has 0 saturated carbocycles. The number of carbonyl (C=O) groups is 1. The van der Waals surface area contributed by atoms with Gasteiger partial charge in [-0.15, -0.1) is 0 Å². The maximum atomic E-state index is 12.8. The summed E-state index contributed by atoms with van der Waals surface area (Å²) in [5.74, 6) is 0.253. The molecule has 0 radical (unpaired) electrons. The average Bonchev–Trinajstić information content (AvgIpc) is 3.36. The molecule has 160 valence electrons. The van der Waals surface area contributed by atoms with Crippen molar-refractivity contribution in [1.82, 2.24) is 9.78 Å². The van der Waals surface area contributed by atoms with E-state index < -0.39 is 12.5 Å². The number of carbonyl (C=O) groups excluding carboxylic acids is 1. The molecule has 1 amide bonds. The predicted molar refractivity (Wildman–Crippen MR) is 113 cm³/mol. The van der Waals surface area contributed by atoms with Gasteiger partial charge in [-0.25, -0.2) is 4.68 Å². The van der Waals surface area contributed by atoms with E-state index in [-0.39, 0.29) is 11.5 Å². The number of rotatable bonds is 7. The molecule has 0 aliphatic heterocycles. The first-order chi connectivity index (χ1) is 15.1. The molecule has 1 aliphatic carbocycles. The van der Waals surface area contributed by atoms with Crippen molar-refractivity contribution in [3.63, 3.8) is 0 Å². The molecule has 31 heavy (non-hydrogen) atoms. The topological polar surface area (TPSA) is 65.4 Å². The summed E-state index contributed by atoms with van der Waals surface area (Å²) in [5.41, 5.74) is 3.14. The van der Waals surface area contributed by atoms with Crippen LogP contribution in [0.15, 0.2) is 54.6 Å². The summed E-state index contributed by atoms with van der Waals surface area (Å²) in [5, 5.41) is 7.56. The van der Waals surface area contributed by atoms with Gasteiger partial charge in [0.1, 0.15) is 5.82 Å². The molecular formula is C23H21F2N3O3. The number of para-hydroxylation sites is 2. The number of fused-ring (bicyclic) bond motifs is 1. The third-order valence-electron chi connectivity index (χ3n) is 5.00. The molecule has 1 heterocycles. The number of ether oxygens (including phenoxy) is 2. The standard InChI is InChI=1S/C23H21F2N3O3/c1-30-19-12-5-7-15(21(19)31-23(24)25)13-14-20(29)26-22-17-10-6-11-18(17)27-28(22)16-8-3-2-4-9-16/h2-5,7-9,12-14,23H,6,10-11H2,1H3,(H,26,29)/b14-13+. The number of benzene rings is 2. The number of aromatic nitrogens is 2. The van der Waals surface area contributed by atoms with Gasteiger partial charge >= 0.3 is 6.61 Å². The van der Waals surface area contributed by atoms with E-state index in [0.717, 1.165) is 36.2 Å². The van der Waals surface area contributed by atoms with Crippen molar-refractivity contribution in [3.8, 4) is 17.2 Å². The van der Waals surface area contributed by atoms with Crippen LogP contribution in [-0.2, 0) is 17.6 Å². The molecule has 0 spiro atoms. The molecule has 1 aromatic heterocycles. The molecule has 0 atom stereocenters. The lowest BCUT2D eigenvalue weighted by molar-refractivity contribution is -0.111. The molecule has 0 fully saturated rings. The summed E-state index contributed by atoms with van der Waals surface area (Å²) in [4.78, 5) is 12.7. The van der Waals surface area contributed by atoms with Crippen molar-refractivity contribution in [2.45, 2.75) is 25.9 Å². The minimum absolute atomic E-state index is 0.126. The Hall–Kier alpha value is -3.68. The van der Waals surface area contributed by atoms with Gasteiger partial charge in [-0.05, 0) is 43.5 Å². The van der Waals surface area contributed by atoms with Gasteiger partial charge in [-0.3, -0.25) is 4.79 Å². The zero-order chi connectivity index (χ0) is 21.8. The Balaban J connectivity index is 1.60. The highest BCUT2D eigenvalue weighted by molar-refractivity contribution is 6.02. The molecule has 8 heteroatoms. The van der Waals surface area contributed by atoms with Crippen molar-refractivity contribution in [2.24, 2.45) is 0 Å². The third-order valence-corrected chi connectivity index (χ3v) is 5.00. The molecule has 4 rings (SSSR count). The molecule has 2 aromatic carbocycles.